The van der Waals surface area contributed by atoms with Crippen LogP contribution in [-0.4, -0.2) is 22.2 Å². The third-order valence-corrected chi connectivity index (χ3v) is 5.00. The zero-order valence-electron chi connectivity index (χ0n) is 18.6. The molecule has 3 rings (SSSR count). The summed E-state index contributed by atoms with van der Waals surface area (Å²) >= 11 is 0. The number of hydrogen-bond acceptors (Lipinski definition) is 5. The fraction of sp³-hybridized carbons (Fsp3) is 0.292. The van der Waals surface area contributed by atoms with Gasteiger partial charge in [0.05, 0.1) is 5.52 Å². The number of amides is 1. The summed E-state index contributed by atoms with van der Waals surface area (Å²) in [6.07, 6.45) is -0.715. The lowest BCUT2D eigenvalue weighted by Crippen LogP contribution is -2.54. The van der Waals surface area contributed by atoms with Gasteiger partial charge in [-0.05, 0) is 51.8 Å². The topological polar surface area (TPSA) is 137 Å². The standard InChI is InChI=1S/C24H25N5O4/c1-23(2,3)15-24(21(30)31,27-22(32)33-14-16-7-5-4-6-8-16)18-10-11-19-17(13-18)9-12-20(26-19)28-29-25/h4-13H,14-15H2,1-3H3,(H,27,32)(H,30,31)/t24-/m1/s1. The molecule has 2 N–H and O–H groups in total. The van der Waals surface area contributed by atoms with Gasteiger partial charge in [-0.25, -0.2) is 14.6 Å². The summed E-state index contributed by atoms with van der Waals surface area (Å²) in [5.74, 6) is -0.994. The number of aromatic nitrogens is 1. The molecule has 0 spiro atoms. The van der Waals surface area contributed by atoms with Gasteiger partial charge in [0, 0.05) is 10.3 Å². The van der Waals surface area contributed by atoms with Crippen molar-refractivity contribution < 1.29 is 19.4 Å². The molecular weight excluding hydrogens is 422 g/mol. The van der Waals surface area contributed by atoms with Crippen molar-refractivity contribution in [1.82, 2.24) is 10.3 Å². The Bertz CT molecular complexity index is 1220. The Kier molecular flexibility index (Phi) is 6.84. The van der Waals surface area contributed by atoms with E-state index in [2.05, 4.69) is 20.3 Å². The summed E-state index contributed by atoms with van der Waals surface area (Å²) < 4.78 is 5.33. The molecule has 1 aromatic heterocycles. The monoisotopic (exact) mass is 447 g/mol. The first-order valence-corrected chi connectivity index (χ1v) is 10.3. The third kappa shape index (κ3) is 5.78. The lowest BCUT2D eigenvalue weighted by molar-refractivity contribution is -0.146. The molecule has 3 aromatic rings. The van der Waals surface area contributed by atoms with Crippen LogP contribution in [0, 0.1) is 5.41 Å². The quantitative estimate of drug-likeness (QED) is 0.267. The first-order chi connectivity index (χ1) is 15.6. The molecule has 0 aliphatic carbocycles. The van der Waals surface area contributed by atoms with Gasteiger partial charge in [0.15, 0.2) is 5.54 Å². The molecule has 0 radical (unpaired) electrons. The molecule has 9 heteroatoms. The number of carboxylic acid groups (broad SMARTS) is 1. The van der Waals surface area contributed by atoms with E-state index in [9.17, 15) is 14.7 Å². The largest absolute Gasteiger partial charge is 0.479 e. The van der Waals surface area contributed by atoms with Crippen LogP contribution in [0.25, 0.3) is 21.3 Å². The van der Waals surface area contributed by atoms with E-state index in [1.54, 1.807) is 30.3 Å². The van der Waals surface area contributed by atoms with Crippen molar-refractivity contribution in [2.24, 2.45) is 10.5 Å². The third-order valence-electron chi connectivity index (χ3n) is 5.00. The Balaban J connectivity index is 1.99. The van der Waals surface area contributed by atoms with Crippen LogP contribution < -0.4 is 5.32 Å². The van der Waals surface area contributed by atoms with Crippen molar-refractivity contribution >= 4 is 28.8 Å². The summed E-state index contributed by atoms with van der Waals surface area (Å²) in [7, 11) is 0. The predicted octanol–water partition coefficient (Wildman–Crippen LogP) is 5.82. The number of fused-ring (bicyclic) bond motifs is 1. The van der Waals surface area contributed by atoms with E-state index in [-0.39, 0.29) is 18.8 Å². The average Bonchev–Trinajstić information content (AvgIpc) is 2.76. The summed E-state index contributed by atoms with van der Waals surface area (Å²) in [6.45, 7) is 5.71. The van der Waals surface area contributed by atoms with Gasteiger partial charge in [-0.3, -0.25) is 0 Å². The van der Waals surface area contributed by atoms with E-state index >= 15 is 0 Å². The van der Waals surface area contributed by atoms with Crippen molar-refractivity contribution in [3.05, 3.63) is 82.2 Å². The Morgan fingerprint density at radius 2 is 1.85 bits per heavy atom. The van der Waals surface area contributed by atoms with Gasteiger partial charge in [0.25, 0.3) is 0 Å². The SMILES string of the molecule is CC(C)(C)C[C@](NC(=O)OCc1ccccc1)(C(=O)O)c1ccc2nc(N=[N+]=[N-])ccc2c1. The molecular formula is C24H25N5O4. The molecule has 0 unspecified atom stereocenters. The lowest BCUT2D eigenvalue weighted by Gasteiger charge is -2.36. The highest BCUT2D eigenvalue weighted by atomic mass is 16.5. The van der Waals surface area contributed by atoms with Crippen LogP contribution in [0.5, 0.6) is 0 Å². The minimum atomic E-state index is -1.73. The smallest absolute Gasteiger partial charge is 0.408 e. The Morgan fingerprint density at radius 3 is 2.48 bits per heavy atom. The first kappa shape index (κ1) is 23.6. The number of nitrogens with zero attached hydrogens (tertiary/aromatic N) is 4. The van der Waals surface area contributed by atoms with E-state index in [4.69, 9.17) is 10.3 Å². The fourth-order valence-corrected chi connectivity index (χ4v) is 3.68. The van der Waals surface area contributed by atoms with E-state index in [0.29, 0.717) is 16.5 Å². The highest BCUT2D eigenvalue weighted by molar-refractivity contribution is 5.89. The number of carbonyl (C=O) groups excluding carboxylic acids is 1. The number of carbonyl (C=O) groups is 2. The zero-order valence-corrected chi connectivity index (χ0v) is 18.6. The molecule has 2 aromatic carbocycles. The van der Waals surface area contributed by atoms with Crippen LogP contribution in [0.3, 0.4) is 0 Å². The fourth-order valence-electron chi connectivity index (χ4n) is 3.68. The maximum Gasteiger partial charge on any atom is 0.408 e. The summed E-state index contributed by atoms with van der Waals surface area (Å²) in [5, 5.41) is 17.1. The molecule has 1 heterocycles. The molecule has 1 atom stereocenters. The molecule has 9 nitrogen and oxygen atoms in total. The highest BCUT2D eigenvalue weighted by Crippen LogP contribution is 2.37. The molecule has 0 saturated carbocycles. The number of aliphatic carboxylic acids is 1. The van der Waals surface area contributed by atoms with Gasteiger partial charge in [0.2, 0.25) is 0 Å². The number of pyridine rings is 1. The van der Waals surface area contributed by atoms with Crippen LogP contribution in [0.4, 0.5) is 10.6 Å². The normalized spacial score (nSPS) is 12.9. The molecule has 0 aliphatic heterocycles. The van der Waals surface area contributed by atoms with Gasteiger partial charge in [0.1, 0.15) is 12.4 Å². The van der Waals surface area contributed by atoms with Crippen LogP contribution in [0.2, 0.25) is 0 Å². The van der Waals surface area contributed by atoms with E-state index in [0.717, 1.165) is 5.56 Å². The van der Waals surface area contributed by atoms with Crippen molar-refractivity contribution in [3.8, 4) is 0 Å². The van der Waals surface area contributed by atoms with Crippen molar-refractivity contribution in [2.75, 3.05) is 0 Å². The minimum absolute atomic E-state index is 0.0156. The van der Waals surface area contributed by atoms with Crippen LogP contribution >= 0.6 is 0 Å². The second kappa shape index (κ2) is 9.58. The number of ether oxygens (including phenoxy) is 1. The highest BCUT2D eigenvalue weighted by Gasteiger charge is 2.45. The average molecular weight is 447 g/mol. The molecule has 33 heavy (non-hydrogen) atoms. The minimum Gasteiger partial charge on any atom is -0.479 e. The molecule has 0 fully saturated rings. The van der Waals surface area contributed by atoms with Crippen LogP contribution in [-0.2, 0) is 21.7 Å². The number of hydrogen-bond donors (Lipinski definition) is 2. The van der Waals surface area contributed by atoms with Gasteiger partial charge < -0.3 is 15.2 Å². The molecule has 0 aliphatic rings. The predicted molar refractivity (Wildman–Crippen MR) is 124 cm³/mol. The number of carboxylic acids is 1. The van der Waals surface area contributed by atoms with Crippen LogP contribution in [0.1, 0.15) is 38.3 Å². The maximum atomic E-state index is 12.7. The van der Waals surface area contributed by atoms with Crippen molar-refractivity contribution in [2.45, 2.75) is 39.3 Å². The van der Waals surface area contributed by atoms with Crippen molar-refractivity contribution in [3.63, 3.8) is 0 Å². The second-order valence-electron chi connectivity index (χ2n) is 8.90. The second-order valence-corrected chi connectivity index (χ2v) is 8.90. The van der Waals surface area contributed by atoms with E-state index in [1.165, 1.54) is 0 Å². The number of rotatable bonds is 7. The first-order valence-electron chi connectivity index (χ1n) is 10.3. The summed E-state index contributed by atoms with van der Waals surface area (Å²) in [5.41, 5.74) is 8.14. The Morgan fingerprint density at radius 1 is 1.12 bits per heavy atom. The van der Waals surface area contributed by atoms with Gasteiger partial charge >= 0.3 is 12.1 Å². The van der Waals surface area contributed by atoms with E-state index < -0.39 is 23.0 Å². The van der Waals surface area contributed by atoms with Gasteiger partial charge in [-0.15, -0.1) is 0 Å². The number of benzene rings is 2. The number of nitrogens with one attached hydrogen (secondary N) is 1. The van der Waals surface area contributed by atoms with Crippen LogP contribution in [0.15, 0.2) is 65.8 Å². The van der Waals surface area contributed by atoms with Gasteiger partial charge in [-0.2, -0.15) is 0 Å². The molecule has 0 bridgehead atoms. The lowest BCUT2D eigenvalue weighted by atomic mass is 9.75. The summed E-state index contributed by atoms with van der Waals surface area (Å²) in [4.78, 5) is 32.3. The van der Waals surface area contributed by atoms with Gasteiger partial charge in [-0.1, -0.05) is 63.2 Å². The Labute approximate surface area is 191 Å². The summed E-state index contributed by atoms with van der Waals surface area (Å²) in [6, 6.07) is 17.3. The maximum absolute atomic E-state index is 12.7. The van der Waals surface area contributed by atoms with E-state index in [1.807, 2.05) is 51.1 Å². The zero-order chi connectivity index (χ0) is 24.1. The number of alkyl carbamates (subject to hydrolysis) is 1. The molecule has 1 amide bonds. The molecule has 0 saturated heterocycles. The van der Waals surface area contributed by atoms with Crippen molar-refractivity contribution in [1.29, 1.82) is 0 Å². The molecule has 170 valence electrons. The Hall–Kier alpha value is -4.10. The number of azide groups is 1.